The molecule has 0 saturated carbocycles. The molecule has 86 valence electrons. The monoisotopic (exact) mass is 239 g/mol. The van der Waals surface area contributed by atoms with Crippen molar-refractivity contribution in [3.63, 3.8) is 0 Å². The summed E-state index contributed by atoms with van der Waals surface area (Å²) in [6.45, 7) is 2.82. The zero-order valence-corrected chi connectivity index (χ0v) is 9.87. The van der Waals surface area contributed by atoms with Crippen LogP contribution in [0.15, 0.2) is 12.3 Å². The molecule has 16 heavy (non-hydrogen) atoms. The first-order valence-corrected chi connectivity index (χ1v) is 5.69. The third-order valence-corrected chi connectivity index (χ3v) is 3.21. The molecule has 0 aliphatic carbocycles. The Hall–Kier alpha value is -1.29. The summed E-state index contributed by atoms with van der Waals surface area (Å²) in [7, 11) is 0. The zero-order chi connectivity index (χ0) is 11.7. The Balaban J connectivity index is 2.29. The molecule has 2 N–H and O–H groups in total. The van der Waals surface area contributed by atoms with Gasteiger partial charge in [0.05, 0.1) is 17.4 Å². The summed E-state index contributed by atoms with van der Waals surface area (Å²) < 4.78 is 0. The largest absolute Gasteiger partial charge is 0.397 e. The molecule has 0 aromatic carbocycles. The van der Waals surface area contributed by atoms with Crippen molar-refractivity contribution in [2.24, 2.45) is 0 Å². The van der Waals surface area contributed by atoms with Gasteiger partial charge in [-0.25, -0.2) is 4.98 Å². The predicted octanol–water partition coefficient (Wildman–Crippen LogP) is 1.94. The van der Waals surface area contributed by atoms with Crippen LogP contribution in [-0.4, -0.2) is 28.4 Å². The quantitative estimate of drug-likeness (QED) is 0.762. The van der Waals surface area contributed by atoms with Gasteiger partial charge in [-0.2, -0.15) is 0 Å². The molecule has 1 aliphatic heterocycles. The standard InChI is InChI=1S/C11H14ClN3O/c1-7-3-2-4-15(7)11(16)9-5-8(13)6-14-10(9)12/h5-7H,2-4,13H2,1H3. The number of nitrogen functional groups attached to an aromatic ring is 1. The Morgan fingerprint density at radius 2 is 2.44 bits per heavy atom. The number of pyridine rings is 1. The number of carbonyl (C=O) groups is 1. The topological polar surface area (TPSA) is 59.2 Å². The van der Waals surface area contributed by atoms with E-state index in [1.165, 1.54) is 6.20 Å². The van der Waals surface area contributed by atoms with E-state index in [-0.39, 0.29) is 17.1 Å². The SMILES string of the molecule is CC1CCCN1C(=O)c1cc(N)cnc1Cl. The smallest absolute Gasteiger partial charge is 0.257 e. The first-order valence-electron chi connectivity index (χ1n) is 5.31. The molecule has 1 aromatic heterocycles. The molecule has 1 fully saturated rings. The summed E-state index contributed by atoms with van der Waals surface area (Å²) in [5.74, 6) is -0.0743. The summed E-state index contributed by atoms with van der Waals surface area (Å²) in [6, 6.07) is 1.85. The Morgan fingerprint density at radius 3 is 3.06 bits per heavy atom. The van der Waals surface area contributed by atoms with Crippen molar-refractivity contribution in [2.45, 2.75) is 25.8 Å². The second-order valence-electron chi connectivity index (χ2n) is 4.10. The fourth-order valence-corrected chi connectivity index (χ4v) is 2.19. The highest BCUT2D eigenvalue weighted by atomic mass is 35.5. The van der Waals surface area contributed by atoms with E-state index in [2.05, 4.69) is 4.98 Å². The minimum atomic E-state index is -0.0743. The molecule has 1 aliphatic rings. The highest BCUT2D eigenvalue weighted by molar-refractivity contribution is 6.32. The summed E-state index contributed by atoms with van der Waals surface area (Å²) >= 11 is 5.90. The number of anilines is 1. The second-order valence-corrected chi connectivity index (χ2v) is 4.45. The Labute approximate surface area is 99.4 Å². The summed E-state index contributed by atoms with van der Waals surface area (Å²) in [5.41, 5.74) is 6.46. The van der Waals surface area contributed by atoms with E-state index in [4.69, 9.17) is 17.3 Å². The van der Waals surface area contributed by atoms with Crippen molar-refractivity contribution < 1.29 is 4.79 Å². The molecular weight excluding hydrogens is 226 g/mol. The lowest BCUT2D eigenvalue weighted by molar-refractivity contribution is 0.0747. The van der Waals surface area contributed by atoms with Gasteiger partial charge < -0.3 is 10.6 Å². The van der Waals surface area contributed by atoms with Crippen LogP contribution in [0.25, 0.3) is 0 Å². The van der Waals surface area contributed by atoms with Gasteiger partial charge in [-0.15, -0.1) is 0 Å². The van der Waals surface area contributed by atoms with Crippen molar-refractivity contribution in [3.8, 4) is 0 Å². The fraction of sp³-hybridized carbons (Fsp3) is 0.455. The third kappa shape index (κ3) is 1.97. The first-order chi connectivity index (χ1) is 7.59. The minimum absolute atomic E-state index is 0.0743. The van der Waals surface area contributed by atoms with Crippen LogP contribution in [0.2, 0.25) is 5.15 Å². The second kappa shape index (κ2) is 4.29. The predicted molar refractivity (Wildman–Crippen MR) is 63.4 cm³/mol. The molecule has 1 saturated heterocycles. The van der Waals surface area contributed by atoms with Gasteiger partial charge in [0.2, 0.25) is 0 Å². The van der Waals surface area contributed by atoms with Crippen molar-refractivity contribution in [3.05, 3.63) is 23.0 Å². The average molecular weight is 240 g/mol. The van der Waals surface area contributed by atoms with E-state index in [9.17, 15) is 4.79 Å². The van der Waals surface area contributed by atoms with Crippen molar-refractivity contribution in [2.75, 3.05) is 12.3 Å². The minimum Gasteiger partial charge on any atom is -0.397 e. The van der Waals surface area contributed by atoms with Crippen molar-refractivity contribution in [1.82, 2.24) is 9.88 Å². The number of likely N-dealkylation sites (tertiary alicyclic amines) is 1. The third-order valence-electron chi connectivity index (χ3n) is 2.90. The van der Waals surface area contributed by atoms with E-state index in [1.807, 2.05) is 11.8 Å². The summed E-state index contributed by atoms with van der Waals surface area (Å²) in [5, 5.41) is 0.221. The zero-order valence-electron chi connectivity index (χ0n) is 9.11. The van der Waals surface area contributed by atoms with Crippen LogP contribution in [-0.2, 0) is 0 Å². The number of amides is 1. The molecular formula is C11H14ClN3O. The van der Waals surface area contributed by atoms with Gasteiger partial charge in [0.1, 0.15) is 5.15 Å². The molecule has 0 radical (unpaired) electrons. The number of aromatic nitrogens is 1. The molecule has 1 atom stereocenters. The number of rotatable bonds is 1. The van der Waals surface area contributed by atoms with Crippen molar-refractivity contribution in [1.29, 1.82) is 0 Å². The highest BCUT2D eigenvalue weighted by Crippen LogP contribution is 2.23. The molecule has 2 heterocycles. The fourth-order valence-electron chi connectivity index (χ4n) is 2.00. The van der Waals surface area contributed by atoms with E-state index in [0.717, 1.165) is 19.4 Å². The number of nitrogens with two attached hydrogens (primary N) is 1. The van der Waals surface area contributed by atoms with Gasteiger partial charge in [0, 0.05) is 12.6 Å². The van der Waals surface area contributed by atoms with Crippen LogP contribution in [0.1, 0.15) is 30.1 Å². The number of hydrogen-bond acceptors (Lipinski definition) is 3. The number of nitrogens with zero attached hydrogens (tertiary/aromatic N) is 2. The highest BCUT2D eigenvalue weighted by Gasteiger charge is 2.27. The van der Waals surface area contributed by atoms with Crippen LogP contribution in [0.5, 0.6) is 0 Å². The molecule has 2 rings (SSSR count). The summed E-state index contributed by atoms with van der Waals surface area (Å²) in [4.78, 5) is 17.9. The molecule has 0 spiro atoms. The van der Waals surface area contributed by atoms with Crippen LogP contribution in [0.3, 0.4) is 0 Å². The average Bonchev–Trinajstić information content (AvgIpc) is 2.67. The lowest BCUT2D eigenvalue weighted by atomic mass is 10.2. The van der Waals surface area contributed by atoms with Gasteiger partial charge in [-0.1, -0.05) is 11.6 Å². The Bertz CT molecular complexity index is 422. The van der Waals surface area contributed by atoms with Crippen LogP contribution in [0.4, 0.5) is 5.69 Å². The molecule has 0 bridgehead atoms. The molecule has 5 heteroatoms. The maximum Gasteiger partial charge on any atom is 0.257 e. The Morgan fingerprint density at radius 1 is 1.69 bits per heavy atom. The van der Waals surface area contributed by atoms with Crippen LogP contribution in [0, 0.1) is 0 Å². The lowest BCUT2D eigenvalue weighted by Crippen LogP contribution is -2.33. The van der Waals surface area contributed by atoms with E-state index < -0.39 is 0 Å². The van der Waals surface area contributed by atoms with Gasteiger partial charge in [0.15, 0.2) is 0 Å². The maximum atomic E-state index is 12.2. The molecule has 1 aromatic rings. The summed E-state index contributed by atoms with van der Waals surface area (Å²) in [6.07, 6.45) is 3.53. The van der Waals surface area contributed by atoms with Gasteiger partial charge in [0.25, 0.3) is 5.91 Å². The maximum absolute atomic E-state index is 12.2. The van der Waals surface area contributed by atoms with Crippen LogP contribution >= 0.6 is 11.6 Å². The van der Waals surface area contributed by atoms with Crippen LogP contribution < -0.4 is 5.73 Å². The Kier molecular flexibility index (Phi) is 3.01. The number of carbonyl (C=O) groups excluding carboxylic acids is 1. The molecule has 4 nitrogen and oxygen atoms in total. The molecule has 1 unspecified atom stereocenters. The van der Waals surface area contributed by atoms with E-state index >= 15 is 0 Å². The number of hydrogen-bond donors (Lipinski definition) is 1. The van der Waals surface area contributed by atoms with Gasteiger partial charge in [-0.3, -0.25) is 4.79 Å². The molecule has 1 amide bonds. The normalized spacial score (nSPS) is 20.1. The van der Waals surface area contributed by atoms with Crippen molar-refractivity contribution >= 4 is 23.2 Å². The van der Waals surface area contributed by atoms with E-state index in [1.54, 1.807) is 6.07 Å². The lowest BCUT2D eigenvalue weighted by Gasteiger charge is -2.21. The van der Waals surface area contributed by atoms with Gasteiger partial charge >= 0.3 is 0 Å². The first kappa shape index (κ1) is 11.2. The van der Waals surface area contributed by atoms with Gasteiger partial charge in [-0.05, 0) is 25.8 Å². The number of halogens is 1. The van der Waals surface area contributed by atoms with E-state index in [0.29, 0.717) is 11.3 Å².